The van der Waals surface area contributed by atoms with Gasteiger partial charge in [0.2, 0.25) is 10.0 Å². The Kier molecular flexibility index (Phi) is 9.23. The monoisotopic (exact) mass is 495 g/mol. The van der Waals surface area contributed by atoms with Gasteiger partial charge in [0.25, 0.3) is 5.91 Å². The first-order valence-corrected chi connectivity index (χ1v) is 14.1. The molecule has 0 spiro atoms. The van der Waals surface area contributed by atoms with Gasteiger partial charge in [0.15, 0.2) is 0 Å². The van der Waals surface area contributed by atoms with Crippen LogP contribution in [0.2, 0.25) is 0 Å². The van der Waals surface area contributed by atoms with Gasteiger partial charge in [0.1, 0.15) is 12.4 Å². The van der Waals surface area contributed by atoms with Crippen LogP contribution in [0.25, 0.3) is 0 Å². The average Bonchev–Trinajstić information content (AvgIpc) is 3.32. The van der Waals surface area contributed by atoms with Gasteiger partial charge >= 0.3 is 0 Å². The van der Waals surface area contributed by atoms with Gasteiger partial charge in [-0.3, -0.25) is 14.4 Å². The summed E-state index contributed by atoms with van der Waals surface area (Å²) in [7, 11) is -0.0126. The summed E-state index contributed by atoms with van der Waals surface area (Å²) in [6.07, 6.45) is 5.07. The molecule has 1 saturated carbocycles. The van der Waals surface area contributed by atoms with E-state index in [1.54, 1.807) is 44.2 Å². The Hall–Kier alpha value is -1.84. The summed E-state index contributed by atoms with van der Waals surface area (Å²) >= 11 is 0. The van der Waals surface area contributed by atoms with E-state index in [1.165, 1.54) is 25.7 Å². The smallest absolute Gasteiger partial charge is 0.257 e. The van der Waals surface area contributed by atoms with Crippen LogP contribution in [-0.4, -0.2) is 82.4 Å². The van der Waals surface area contributed by atoms with Gasteiger partial charge in [0.05, 0.1) is 17.4 Å². The number of nitrogens with one attached hydrogen (secondary N) is 1. The lowest BCUT2D eigenvalue weighted by Gasteiger charge is -2.37. The number of methoxy groups -OCH3 is 1. The van der Waals surface area contributed by atoms with E-state index in [0.29, 0.717) is 36.1 Å². The number of anilines is 1. The number of likely N-dealkylation sites (N-methyl/N-ethyl adjacent to an activating group) is 1. The molecule has 1 N–H and O–H groups in total. The Labute approximate surface area is 205 Å². The number of hydrogen-bond donors (Lipinski definition) is 1. The molecule has 1 aliphatic carbocycles. The minimum Gasteiger partial charge on any atom is -0.491 e. The van der Waals surface area contributed by atoms with Crippen molar-refractivity contribution in [2.45, 2.75) is 58.6 Å². The fourth-order valence-electron chi connectivity index (χ4n) is 4.95. The highest BCUT2D eigenvalue weighted by atomic mass is 32.2. The second-order valence-electron chi connectivity index (χ2n) is 9.92. The van der Waals surface area contributed by atoms with E-state index in [1.807, 2.05) is 0 Å². The topological polar surface area (TPSA) is 88.2 Å². The molecule has 1 aromatic carbocycles. The van der Waals surface area contributed by atoms with E-state index < -0.39 is 10.0 Å². The Morgan fingerprint density at radius 2 is 1.88 bits per heavy atom. The zero-order valence-electron chi connectivity index (χ0n) is 21.2. The molecule has 0 unspecified atom stereocenters. The minimum absolute atomic E-state index is 0.0455. The normalized spacial score (nSPS) is 25.9. The molecule has 8 nitrogen and oxygen atoms in total. The van der Waals surface area contributed by atoms with Gasteiger partial charge in [-0.25, -0.2) is 8.42 Å². The van der Waals surface area contributed by atoms with Crippen molar-refractivity contribution in [1.29, 1.82) is 0 Å². The summed E-state index contributed by atoms with van der Waals surface area (Å²) in [5.41, 5.74) is 0.696. The summed E-state index contributed by atoms with van der Waals surface area (Å²) in [5.74, 6) is 1.14. The van der Waals surface area contributed by atoms with Gasteiger partial charge in [-0.2, -0.15) is 0 Å². The van der Waals surface area contributed by atoms with Crippen molar-refractivity contribution in [2.24, 2.45) is 11.8 Å². The van der Waals surface area contributed by atoms with E-state index >= 15 is 0 Å². The summed E-state index contributed by atoms with van der Waals surface area (Å²) in [5, 5.41) is 0. The predicted molar refractivity (Wildman–Crippen MR) is 135 cm³/mol. The van der Waals surface area contributed by atoms with E-state index in [4.69, 9.17) is 9.47 Å². The van der Waals surface area contributed by atoms with E-state index in [-0.39, 0.29) is 29.7 Å². The van der Waals surface area contributed by atoms with Crippen molar-refractivity contribution in [2.75, 3.05) is 50.9 Å². The molecule has 9 heteroatoms. The number of fused-ring (bicyclic) bond motifs is 1. The molecule has 0 aromatic heterocycles. The molecule has 0 saturated heterocycles. The second-order valence-corrected chi connectivity index (χ2v) is 11.9. The molecule has 1 fully saturated rings. The van der Waals surface area contributed by atoms with Crippen LogP contribution in [0.1, 0.15) is 56.8 Å². The minimum atomic E-state index is -3.46. The van der Waals surface area contributed by atoms with Crippen LogP contribution in [0.15, 0.2) is 18.2 Å². The Morgan fingerprint density at radius 3 is 2.53 bits per heavy atom. The summed E-state index contributed by atoms with van der Waals surface area (Å²) in [4.78, 5) is 17.5. The molecule has 0 radical (unpaired) electrons. The molecular weight excluding hydrogens is 454 g/mol. The zero-order chi connectivity index (χ0) is 24.9. The third-order valence-electron chi connectivity index (χ3n) is 7.19. The average molecular weight is 496 g/mol. The molecule has 3 atom stereocenters. The number of carbonyl (C=O) groups excluding carboxylic acids is 1. The molecule has 34 heavy (non-hydrogen) atoms. The van der Waals surface area contributed by atoms with Crippen LogP contribution in [-0.2, 0) is 14.8 Å². The number of ether oxygens (including phenoxy) is 2. The lowest BCUT2D eigenvalue weighted by Crippen LogP contribution is -2.47. The third kappa shape index (κ3) is 6.86. The Morgan fingerprint density at radius 1 is 1.18 bits per heavy atom. The van der Waals surface area contributed by atoms with E-state index in [2.05, 4.69) is 23.5 Å². The molecule has 192 valence electrons. The number of rotatable bonds is 6. The molecule has 1 heterocycles. The number of hydrogen-bond acceptors (Lipinski definition) is 6. The first kappa shape index (κ1) is 26.8. The maximum atomic E-state index is 13.4. The number of carbonyl (C=O) groups is 1. The summed E-state index contributed by atoms with van der Waals surface area (Å²) < 4.78 is 38.7. The fraction of sp³-hybridized carbons (Fsp3) is 0.720. The zero-order valence-corrected chi connectivity index (χ0v) is 22.1. The first-order valence-electron chi connectivity index (χ1n) is 12.4. The van der Waals surface area contributed by atoms with Crippen molar-refractivity contribution < 1.29 is 22.7 Å². The number of benzene rings is 1. The Bertz CT molecular complexity index is 932. The highest BCUT2D eigenvalue weighted by Gasteiger charge is 2.30. The van der Waals surface area contributed by atoms with Crippen molar-refractivity contribution >= 4 is 21.6 Å². The van der Waals surface area contributed by atoms with Crippen LogP contribution in [0, 0.1) is 11.8 Å². The van der Waals surface area contributed by atoms with Gasteiger partial charge < -0.3 is 14.4 Å². The maximum absolute atomic E-state index is 13.4. The lowest BCUT2D eigenvalue weighted by molar-refractivity contribution is 0.00814. The highest BCUT2D eigenvalue weighted by Crippen LogP contribution is 2.29. The number of nitrogens with zero attached hydrogens (tertiary/aromatic N) is 2. The summed E-state index contributed by atoms with van der Waals surface area (Å²) in [6.45, 7) is 8.74. The van der Waals surface area contributed by atoms with E-state index in [0.717, 1.165) is 13.1 Å². The SMILES string of the molecule is CCS(=O)(=O)Nc1ccc2c(c1)C(=O)N(C)C[C@H](OC)[C@@H](C)CN(CC1CCCC1)[C@@H](C)CO2. The second kappa shape index (κ2) is 11.7. The van der Waals surface area contributed by atoms with Crippen LogP contribution in [0.3, 0.4) is 0 Å². The van der Waals surface area contributed by atoms with Gasteiger partial charge in [-0.1, -0.05) is 19.8 Å². The van der Waals surface area contributed by atoms with Gasteiger partial charge in [0, 0.05) is 45.5 Å². The lowest BCUT2D eigenvalue weighted by atomic mass is 9.99. The highest BCUT2D eigenvalue weighted by molar-refractivity contribution is 7.92. The molecule has 1 aromatic rings. The number of sulfonamides is 1. The van der Waals surface area contributed by atoms with Gasteiger partial charge in [-0.15, -0.1) is 0 Å². The van der Waals surface area contributed by atoms with Crippen molar-refractivity contribution in [3.63, 3.8) is 0 Å². The standard InChI is InChI=1S/C25H41N3O5S/c1-6-34(30,31)26-21-11-12-23-22(13-21)25(29)27(4)16-24(32-5)18(2)14-28(19(3)17-33-23)15-20-9-7-8-10-20/h11-13,18-20,24,26H,6-10,14-17H2,1-5H3/t18-,19-,24-/m0/s1. The van der Waals surface area contributed by atoms with Crippen molar-refractivity contribution in [3.8, 4) is 5.75 Å². The largest absolute Gasteiger partial charge is 0.491 e. The quantitative estimate of drug-likeness (QED) is 0.650. The van der Waals surface area contributed by atoms with Crippen molar-refractivity contribution in [3.05, 3.63) is 23.8 Å². The predicted octanol–water partition coefficient (Wildman–Crippen LogP) is 3.44. The first-order chi connectivity index (χ1) is 16.1. The summed E-state index contributed by atoms with van der Waals surface area (Å²) in [6, 6.07) is 5.06. The third-order valence-corrected chi connectivity index (χ3v) is 8.50. The number of amides is 1. The molecule has 0 bridgehead atoms. The van der Waals surface area contributed by atoms with E-state index in [9.17, 15) is 13.2 Å². The van der Waals surface area contributed by atoms with Crippen LogP contribution in [0.5, 0.6) is 5.75 Å². The molecular formula is C25H41N3O5S. The molecule has 3 rings (SSSR count). The molecule has 2 aliphatic rings. The van der Waals surface area contributed by atoms with Crippen LogP contribution >= 0.6 is 0 Å². The van der Waals surface area contributed by atoms with Crippen LogP contribution < -0.4 is 9.46 Å². The molecule has 1 amide bonds. The molecule has 1 aliphatic heterocycles. The van der Waals surface area contributed by atoms with Crippen molar-refractivity contribution in [1.82, 2.24) is 9.80 Å². The maximum Gasteiger partial charge on any atom is 0.257 e. The van der Waals surface area contributed by atoms with Crippen LogP contribution in [0.4, 0.5) is 5.69 Å². The fourth-order valence-corrected chi connectivity index (χ4v) is 5.58. The van der Waals surface area contributed by atoms with Gasteiger partial charge in [-0.05, 0) is 56.7 Å². The Balaban J connectivity index is 1.92.